The summed E-state index contributed by atoms with van der Waals surface area (Å²) in [5.74, 6) is 0. The van der Waals surface area contributed by atoms with Crippen molar-refractivity contribution in [3.63, 3.8) is 0 Å². The summed E-state index contributed by atoms with van der Waals surface area (Å²) < 4.78 is 2.58. The summed E-state index contributed by atoms with van der Waals surface area (Å²) in [5, 5.41) is 2.56. The van der Waals surface area contributed by atoms with Crippen LogP contribution in [0.25, 0.3) is 42.4 Å². The van der Waals surface area contributed by atoms with Crippen LogP contribution in [0.2, 0.25) is 0 Å². The molecule has 0 saturated heterocycles. The molecule has 2 aliphatic carbocycles. The van der Waals surface area contributed by atoms with Crippen molar-refractivity contribution in [1.82, 2.24) is 0 Å². The van der Waals surface area contributed by atoms with E-state index in [0.717, 1.165) is 17.1 Å². The van der Waals surface area contributed by atoms with Gasteiger partial charge in [-0.1, -0.05) is 218 Å². The van der Waals surface area contributed by atoms with Gasteiger partial charge in [0.1, 0.15) is 0 Å². The van der Waals surface area contributed by atoms with E-state index in [1.807, 2.05) is 11.3 Å². The Hall–Kier alpha value is -7.78. The average Bonchev–Trinajstić information content (AvgIpc) is 4.01. The first kappa shape index (κ1) is 36.8. The van der Waals surface area contributed by atoms with E-state index in [4.69, 9.17) is 0 Å². The van der Waals surface area contributed by atoms with E-state index in [9.17, 15) is 0 Å². The summed E-state index contributed by atoms with van der Waals surface area (Å²) in [4.78, 5) is 2.49. The van der Waals surface area contributed by atoms with Crippen LogP contribution in [0.4, 0.5) is 17.1 Å². The molecule has 11 aromatic rings. The van der Waals surface area contributed by atoms with Crippen molar-refractivity contribution in [1.29, 1.82) is 0 Å². The van der Waals surface area contributed by atoms with Crippen molar-refractivity contribution in [2.75, 3.05) is 4.90 Å². The molecule has 0 atom stereocenters. The number of benzene rings is 10. The second kappa shape index (κ2) is 14.4. The van der Waals surface area contributed by atoms with Crippen molar-refractivity contribution in [3.8, 4) is 22.3 Å². The van der Waals surface area contributed by atoms with Crippen molar-refractivity contribution in [2.24, 2.45) is 0 Å². The number of hydrogen-bond acceptors (Lipinski definition) is 2. The van der Waals surface area contributed by atoms with Crippen molar-refractivity contribution >= 4 is 48.6 Å². The Kier molecular flexibility index (Phi) is 8.28. The predicted octanol–water partition coefficient (Wildman–Crippen LogP) is 16.3. The van der Waals surface area contributed by atoms with Crippen LogP contribution in [0.15, 0.2) is 249 Å². The lowest BCUT2D eigenvalue weighted by atomic mass is 9.67. The van der Waals surface area contributed by atoms with Gasteiger partial charge in [0, 0.05) is 37.1 Å². The predicted molar refractivity (Wildman–Crippen MR) is 269 cm³/mol. The number of fused-ring (bicyclic) bond motifs is 9. The summed E-state index contributed by atoms with van der Waals surface area (Å²) in [5.41, 5.74) is 18.0. The molecule has 2 aliphatic rings. The number of rotatable bonds is 7. The first-order chi connectivity index (χ1) is 31.8. The summed E-state index contributed by atoms with van der Waals surface area (Å²) >= 11 is 1.92. The molecule has 0 amide bonds. The highest BCUT2D eigenvalue weighted by Crippen LogP contribution is 2.61. The lowest BCUT2D eigenvalue weighted by molar-refractivity contribution is 0.768. The second-order valence-corrected chi connectivity index (χ2v) is 18.1. The zero-order valence-electron chi connectivity index (χ0n) is 35.0. The molecule has 300 valence electrons. The van der Waals surface area contributed by atoms with Crippen LogP contribution in [0.3, 0.4) is 0 Å². The molecule has 0 spiro atoms. The third kappa shape index (κ3) is 5.06. The number of anilines is 3. The van der Waals surface area contributed by atoms with Crippen molar-refractivity contribution in [2.45, 2.75) is 10.8 Å². The molecule has 0 saturated carbocycles. The van der Waals surface area contributed by atoms with Gasteiger partial charge in [0.2, 0.25) is 0 Å². The van der Waals surface area contributed by atoms with Gasteiger partial charge in [-0.2, -0.15) is 0 Å². The minimum absolute atomic E-state index is 0.476. The second-order valence-electron chi connectivity index (χ2n) is 17.1. The number of nitrogens with zero attached hydrogens (tertiary/aromatic N) is 1. The third-order valence-corrected chi connectivity index (χ3v) is 15.2. The lowest BCUT2D eigenvalue weighted by Gasteiger charge is -2.34. The normalized spacial score (nSPS) is 13.9. The fraction of sp³-hybridized carbons (Fsp3) is 0.0323. The summed E-state index contributed by atoms with van der Waals surface area (Å²) in [6.45, 7) is 0. The van der Waals surface area contributed by atoms with Gasteiger partial charge >= 0.3 is 0 Å². The Bertz CT molecular complexity index is 3470. The maximum Gasteiger partial charge on any atom is 0.0727 e. The van der Waals surface area contributed by atoms with E-state index in [-0.39, 0.29) is 0 Å². The van der Waals surface area contributed by atoms with Crippen LogP contribution in [-0.4, -0.2) is 0 Å². The number of thiophene rings is 1. The Morgan fingerprint density at radius 2 is 0.781 bits per heavy atom. The van der Waals surface area contributed by atoms with E-state index >= 15 is 0 Å². The molecule has 13 rings (SSSR count). The standard InChI is InChI=1S/C62H41NS/c1-5-21-42(22-6-1)61(43-23-7-2-8-24-43)54-35-18-15-31-51(54)59-55(61)36-20-38-57(59)63(45-27-11-4-12-28-45)46-39-40-49-50-32-19-37-56(60(50)64-58(49)41-46)62(44-25-9-3-10-26-44)52-33-16-13-29-47(52)48-30-14-17-34-53(48)62/h1-41H. The highest BCUT2D eigenvalue weighted by molar-refractivity contribution is 7.26. The van der Waals surface area contributed by atoms with Crippen LogP contribution in [-0.2, 0) is 10.8 Å². The van der Waals surface area contributed by atoms with Gasteiger partial charge in [0.15, 0.2) is 0 Å². The van der Waals surface area contributed by atoms with E-state index < -0.39 is 10.8 Å². The van der Waals surface area contributed by atoms with E-state index in [1.165, 1.54) is 86.9 Å². The maximum absolute atomic E-state index is 2.49. The molecule has 1 nitrogen and oxygen atoms in total. The van der Waals surface area contributed by atoms with E-state index in [1.54, 1.807) is 0 Å². The molecule has 10 aromatic carbocycles. The Morgan fingerprint density at radius 1 is 0.312 bits per heavy atom. The molecule has 0 N–H and O–H groups in total. The molecular formula is C62H41NS. The first-order valence-electron chi connectivity index (χ1n) is 22.2. The molecule has 0 unspecified atom stereocenters. The average molecular weight is 832 g/mol. The fourth-order valence-electron chi connectivity index (χ4n) is 11.6. The van der Waals surface area contributed by atoms with Crippen LogP contribution in [0, 0.1) is 0 Å². The van der Waals surface area contributed by atoms with Gasteiger partial charge in [0.25, 0.3) is 0 Å². The fourth-order valence-corrected chi connectivity index (χ4v) is 12.9. The SMILES string of the molecule is c1ccc(N(c2ccc3c(c2)sc2c(C4(c5ccccc5)c5ccccc5-c5ccccc54)cccc23)c2cccc3c2-c2ccccc2C3(c2ccccc2)c2ccccc2)cc1. The molecule has 0 radical (unpaired) electrons. The monoisotopic (exact) mass is 831 g/mol. The van der Waals surface area contributed by atoms with Crippen molar-refractivity contribution < 1.29 is 0 Å². The van der Waals surface area contributed by atoms with Gasteiger partial charge in [-0.05, 0) is 91.5 Å². The molecule has 1 aromatic heterocycles. The van der Waals surface area contributed by atoms with Crippen LogP contribution in [0.1, 0.15) is 44.5 Å². The van der Waals surface area contributed by atoms with Gasteiger partial charge in [-0.15, -0.1) is 11.3 Å². The molecule has 2 heteroatoms. The van der Waals surface area contributed by atoms with Gasteiger partial charge in [0.05, 0.1) is 16.5 Å². The minimum Gasteiger partial charge on any atom is -0.310 e. The molecule has 64 heavy (non-hydrogen) atoms. The zero-order valence-corrected chi connectivity index (χ0v) is 35.8. The summed E-state index contributed by atoms with van der Waals surface area (Å²) in [6.07, 6.45) is 0. The highest BCUT2D eigenvalue weighted by Gasteiger charge is 2.48. The first-order valence-corrected chi connectivity index (χ1v) is 23.0. The third-order valence-electron chi connectivity index (χ3n) is 14.0. The quantitative estimate of drug-likeness (QED) is 0.155. The van der Waals surface area contributed by atoms with Crippen LogP contribution in [0.5, 0.6) is 0 Å². The largest absolute Gasteiger partial charge is 0.310 e. The molecule has 0 fully saturated rings. The highest BCUT2D eigenvalue weighted by atomic mass is 32.1. The summed E-state index contributed by atoms with van der Waals surface area (Å²) in [6, 6.07) is 92.5. The Balaban J connectivity index is 1.06. The molecular weight excluding hydrogens is 791 g/mol. The van der Waals surface area contributed by atoms with Gasteiger partial charge in [-0.25, -0.2) is 0 Å². The van der Waals surface area contributed by atoms with Gasteiger partial charge < -0.3 is 4.90 Å². The number of hydrogen-bond donors (Lipinski definition) is 0. The minimum atomic E-state index is -0.495. The molecule has 0 bridgehead atoms. The Labute approximate surface area is 377 Å². The Morgan fingerprint density at radius 3 is 1.39 bits per heavy atom. The molecule has 0 aliphatic heterocycles. The number of para-hydroxylation sites is 1. The lowest BCUT2D eigenvalue weighted by Crippen LogP contribution is -2.28. The van der Waals surface area contributed by atoms with Gasteiger partial charge in [-0.3, -0.25) is 0 Å². The van der Waals surface area contributed by atoms with Crippen LogP contribution < -0.4 is 4.90 Å². The van der Waals surface area contributed by atoms with Crippen LogP contribution >= 0.6 is 11.3 Å². The zero-order chi connectivity index (χ0) is 42.2. The molecule has 1 heterocycles. The maximum atomic E-state index is 2.49. The van der Waals surface area contributed by atoms with Crippen molar-refractivity contribution in [3.05, 3.63) is 293 Å². The smallest absolute Gasteiger partial charge is 0.0727 e. The summed E-state index contributed by atoms with van der Waals surface area (Å²) in [7, 11) is 0. The van der Waals surface area contributed by atoms with E-state index in [0.29, 0.717) is 0 Å². The topological polar surface area (TPSA) is 3.24 Å². The van der Waals surface area contributed by atoms with E-state index in [2.05, 4.69) is 254 Å².